The van der Waals surface area contributed by atoms with E-state index in [1.165, 1.54) is 0 Å². The van der Waals surface area contributed by atoms with Crippen molar-refractivity contribution >= 4 is 5.78 Å². The number of carbonyl (C=O) groups excluding carboxylic acids is 1. The first-order valence-corrected chi connectivity index (χ1v) is 6.06. The lowest BCUT2D eigenvalue weighted by Crippen LogP contribution is -2.28. The van der Waals surface area contributed by atoms with Crippen LogP contribution in [0.1, 0.15) is 40.0 Å². The second-order valence-electron chi connectivity index (χ2n) is 3.63. The number of hydrogen-bond acceptors (Lipinski definition) is 3. The van der Waals surface area contributed by atoms with E-state index in [1.807, 2.05) is 13.8 Å². The molecule has 0 aromatic heterocycles. The maximum absolute atomic E-state index is 11.1. The van der Waals surface area contributed by atoms with Crippen LogP contribution in [0.25, 0.3) is 0 Å². The maximum Gasteiger partial charge on any atom is 0.132 e. The number of carbonyl (C=O) groups is 1. The highest BCUT2D eigenvalue weighted by atomic mass is 16.5. The van der Waals surface area contributed by atoms with Crippen molar-refractivity contribution in [1.82, 2.24) is 4.90 Å². The summed E-state index contributed by atoms with van der Waals surface area (Å²) in [7, 11) is 0. The molecule has 0 radical (unpaired) electrons. The minimum Gasteiger partial charge on any atom is -0.380 e. The Morgan fingerprint density at radius 3 is 2.47 bits per heavy atom. The summed E-state index contributed by atoms with van der Waals surface area (Å²) in [5, 5.41) is 0. The lowest BCUT2D eigenvalue weighted by Gasteiger charge is -2.19. The minimum absolute atomic E-state index is 0.371. The van der Waals surface area contributed by atoms with E-state index in [0.29, 0.717) is 12.2 Å². The lowest BCUT2D eigenvalue weighted by atomic mass is 10.2. The molecule has 0 heterocycles. The zero-order valence-corrected chi connectivity index (χ0v) is 10.4. The number of rotatable bonds is 10. The van der Waals surface area contributed by atoms with Gasteiger partial charge in [-0.05, 0) is 26.4 Å². The third-order valence-electron chi connectivity index (χ3n) is 2.53. The van der Waals surface area contributed by atoms with E-state index in [1.54, 1.807) is 0 Å². The normalized spacial score (nSPS) is 10.9. The van der Waals surface area contributed by atoms with Gasteiger partial charge in [-0.2, -0.15) is 0 Å². The molecule has 0 bridgehead atoms. The van der Waals surface area contributed by atoms with Crippen molar-refractivity contribution in [1.29, 1.82) is 0 Å². The van der Waals surface area contributed by atoms with Gasteiger partial charge in [0.05, 0.1) is 6.61 Å². The van der Waals surface area contributed by atoms with Gasteiger partial charge in [-0.15, -0.1) is 0 Å². The summed E-state index contributed by atoms with van der Waals surface area (Å²) in [6.07, 6.45) is 2.37. The molecule has 0 aliphatic heterocycles. The predicted octanol–water partition coefficient (Wildman–Crippen LogP) is 2.10. The van der Waals surface area contributed by atoms with Gasteiger partial charge in [0.1, 0.15) is 5.78 Å². The molecule has 0 atom stereocenters. The minimum atomic E-state index is 0.371. The molecule has 0 aliphatic rings. The molecule has 0 fully saturated rings. The summed E-state index contributed by atoms with van der Waals surface area (Å²) in [5.41, 5.74) is 0. The van der Waals surface area contributed by atoms with E-state index in [-0.39, 0.29) is 0 Å². The first kappa shape index (κ1) is 14.6. The highest BCUT2D eigenvalue weighted by Crippen LogP contribution is 1.98. The van der Waals surface area contributed by atoms with E-state index in [0.717, 1.165) is 45.7 Å². The predicted molar refractivity (Wildman–Crippen MR) is 63.1 cm³/mol. The van der Waals surface area contributed by atoms with Gasteiger partial charge >= 0.3 is 0 Å². The van der Waals surface area contributed by atoms with Crippen LogP contribution in [0.15, 0.2) is 0 Å². The van der Waals surface area contributed by atoms with Crippen LogP contribution in [-0.2, 0) is 9.53 Å². The van der Waals surface area contributed by atoms with E-state index in [9.17, 15) is 4.79 Å². The number of hydrogen-bond donors (Lipinski definition) is 0. The molecule has 3 nitrogen and oxygen atoms in total. The number of likely N-dealkylation sites (N-methyl/N-ethyl adjacent to an activating group) is 1. The Morgan fingerprint density at radius 1 is 1.20 bits per heavy atom. The number of ether oxygens (including phenoxy) is 1. The number of Topliss-reactive ketones (excluding diaryl/α,β-unsaturated/α-hetero) is 1. The largest absolute Gasteiger partial charge is 0.380 e. The number of nitrogens with zero attached hydrogens (tertiary/aromatic N) is 1. The summed E-state index contributed by atoms with van der Waals surface area (Å²) in [5.74, 6) is 0.371. The summed E-state index contributed by atoms with van der Waals surface area (Å²) in [6, 6.07) is 0. The third kappa shape index (κ3) is 8.58. The van der Waals surface area contributed by atoms with E-state index in [2.05, 4.69) is 11.8 Å². The van der Waals surface area contributed by atoms with Crippen LogP contribution in [0.4, 0.5) is 0 Å². The maximum atomic E-state index is 11.1. The zero-order valence-electron chi connectivity index (χ0n) is 10.4. The Morgan fingerprint density at radius 2 is 1.93 bits per heavy atom. The molecule has 90 valence electrons. The fraction of sp³-hybridized carbons (Fsp3) is 0.917. The molecule has 0 saturated heterocycles. The molecule has 3 heteroatoms. The van der Waals surface area contributed by atoms with Crippen LogP contribution in [0.5, 0.6) is 0 Å². The topological polar surface area (TPSA) is 29.5 Å². The monoisotopic (exact) mass is 215 g/mol. The highest BCUT2D eigenvalue weighted by molar-refractivity contribution is 5.77. The lowest BCUT2D eigenvalue weighted by molar-refractivity contribution is -0.118. The fourth-order valence-electron chi connectivity index (χ4n) is 1.44. The van der Waals surface area contributed by atoms with Crippen LogP contribution < -0.4 is 0 Å². The van der Waals surface area contributed by atoms with Crippen molar-refractivity contribution in [2.24, 2.45) is 0 Å². The Kier molecular flexibility index (Phi) is 9.84. The molecule has 0 aliphatic carbocycles. The molecule has 0 aromatic carbocycles. The molecule has 0 unspecified atom stereocenters. The molecule has 0 saturated carbocycles. The third-order valence-corrected chi connectivity index (χ3v) is 2.53. The van der Waals surface area contributed by atoms with Crippen molar-refractivity contribution in [3.63, 3.8) is 0 Å². The van der Waals surface area contributed by atoms with Gasteiger partial charge in [0.2, 0.25) is 0 Å². The van der Waals surface area contributed by atoms with Crippen molar-refractivity contribution in [2.45, 2.75) is 40.0 Å². The van der Waals surface area contributed by atoms with E-state index in [4.69, 9.17) is 4.74 Å². The Bertz CT molecular complexity index is 160. The molecule has 0 rings (SSSR count). The SMILES string of the molecule is CCOCCN(CC)CCCC(=O)CC. The summed E-state index contributed by atoms with van der Waals surface area (Å²) in [6.45, 7) is 10.7. The molecule has 0 aromatic rings. The van der Waals surface area contributed by atoms with Crippen molar-refractivity contribution < 1.29 is 9.53 Å². The van der Waals surface area contributed by atoms with Gasteiger partial charge < -0.3 is 9.64 Å². The van der Waals surface area contributed by atoms with Crippen LogP contribution in [0, 0.1) is 0 Å². The smallest absolute Gasteiger partial charge is 0.132 e. The highest BCUT2D eigenvalue weighted by Gasteiger charge is 2.03. The molecule has 0 spiro atoms. The quantitative estimate of drug-likeness (QED) is 0.523. The van der Waals surface area contributed by atoms with Gasteiger partial charge in [0.15, 0.2) is 0 Å². The van der Waals surface area contributed by atoms with Gasteiger partial charge in [0, 0.05) is 26.0 Å². The first-order chi connectivity index (χ1) is 7.24. The Hall–Kier alpha value is -0.410. The van der Waals surface area contributed by atoms with Gasteiger partial charge in [-0.25, -0.2) is 0 Å². The van der Waals surface area contributed by atoms with Gasteiger partial charge in [-0.3, -0.25) is 4.79 Å². The molecule has 15 heavy (non-hydrogen) atoms. The summed E-state index contributed by atoms with van der Waals surface area (Å²) >= 11 is 0. The van der Waals surface area contributed by atoms with Crippen molar-refractivity contribution in [2.75, 3.05) is 32.8 Å². The molecule has 0 amide bonds. The average molecular weight is 215 g/mol. The molecular formula is C12H25NO2. The van der Waals surface area contributed by atoms with Crippen molar-refractivity contribution in [3.8, 4) is 0 Å². The van der Waals surface area contributed by atoms with Gasteiger partial charge in [-0.1, -0.05) is 13.8 Å². The van der Waals surface area contributed by atoms with Crippen LogP contribution in [0.3, 0.4) is 0 Å². The van der Waals surface area contributed by atoms with E-state index < -0.39 is 0 Å². The fourth-order valence-corrected chi connectivity index (χ4v) is 1.44. The standard InChI is InChI=1S/C12H25NO2/c1-4-12(14)8-7-9-13(5-2)10-11-15-6-3/h4-11H2,1-3H3. The van der Waals surface area contributed by atoms with Crippen LogP contribution >= 0.6 is 0 Å². The molecular weight excluding hydrogens is 190 g/mol. The van der Waals surface area contributed by atoms with Crippen LogP contribution in [0.2, 0.25) is 0 Å². The zero-order chi connectivity index (χ0) is 11.5. The first-order valence-electron chi connectivity index (χ1n) is 6.06. The second-order valence-corrected chi connectivity index (χ2v) is 3.63. The second kappa shape index (κ2) is 10.1. The van der Waals surface area contributed by atoms with E-state index >= 15 is 0 Å². The molecule has 0 N–H and O–H groups in total. The van der Waals surface area contributed by atoms with Crippen LogP contribution in [-0.4, -0.2) is 43.5 Å². The Balaban J connectivity index is 3.47. The Labute approximate surface area is 93.8 Å². The van der Waals surface area contributed by atoms with Crippen molar-refractivity contribution in [3.05, 3.63) is 0 Å². The average Bonchev–Trinajstić information content (AvgIpc) is 2.26. The van der Waals surface area contributed by atoms with Gasteiger partial charge in [0.25, 0.3) is 0 Å². The summed E-state index contributed by atoms with van der Waals surface area (Å²) < 4.78 is 5.31. The number of ketones is 1. The summed E-state index contributed by atoms with van der Waals surface area (Å²) in [4.78, 5) is 13.4.